The highest BCUT2D eigenvalue weighted by atomic mass is 16.3. The third-order valence-electron chi connectivity index (χ3n) is 4.78. The van der Waals surface area contributed by atoms with E-state index in [1.165, 1.54) is 25.7 Å². The fourth-order valence-electron chi connectivity index (χ4n) is 3.66. The normalized spacial score (nSPS) is 32.0. The van der Waals surface area contributed by atoms with Gasteiger partial charge in [0.2, 0.25) is 5.91 Å². The third kappa shape index (κ3) is 4.45. The molecule has 2 N–H and O–H groups in total. The molecule has 2 fully saturated rings. The first-order valence-corrected chi connectivity index (χ1v) is 8.39. The molecule has 20 heavy (non-hydrogen) atoms. The maximum Gasteiger partial charge on any atom is 0.219 e. The monoisotopic (exact) mass is 282 g/mol. The number of carbonyl (C=O) groups excluding carboxylic acids is 1. The molecule has 116 valence electrons. The van der Waals surface area contributed by atoms with Crippen LogP contribution in [0.3, 0.4) is 0 Å². The van der Waals surface area contributed by atoms with Gasteiger partial charge >= 0.3 is 0 Å². The molecule has 4 heteroatoms. The molecule has 2 rings (SSSR count). The number of nitrogens with one attached hydrogen (secondary N) is 1. The summed E-state index contributed by atoms with van der Waals surface area (Å²) < 4.78 is 0. The van der Waals surface area contributed by atoms with Crippen molar-refractivity contribution in [1.82, 2.24) is 10.2 Å². The Hall–Kier alpha value is -0.610. The third-order valence-corrected chi connectivity index (χ3v) is 4.78. The van der Waals surface area contributed by atoms with Crippen LogP contribution in [0.5, 0.6) is 0 Å². The van der Waals surface area contributed by atoms with Crippen molar-refractivity contribution in [3.05, 3.63) is 0 Å². The lowest BCUT2D eigenvalue weighted by molar-refractivity contribution is -0.121. The van der Waals surface area contributed by atoms with Gasteiger partial charge in [-0.3, -0.25) is 9.69 Å². The first-order chi connectivity index (χ1) is 9.70. The van der Waals surface area contributed by atoms with Crippen LogP contribution in [0, 0.1) is 5.92 Å². The molecule has 4 nitrogen and oxygen atoms in total. The lowest BCUT2D eigenvalue weighted by Gasteiger charge is -2.42. The van der Waals surface area contributed by atoms with E-state index >= 15 is 0 Å². The van der Waals surface area contributed by atoms with Crippen LogP contribution >= 0.6 is 0 Å². The molecule has 0 aromatic heterocycles. The van der Waals surface area contributed by atoms with Gasteiger partial charge in [-0.1, -0.05) is 19.8 Å². The molecule has 1 heterocycles. The highest BCUT2D eigenvalue weighted by Gasteiger charge is 2.31. The summed E-state index contributed by atoms with van der Waals surface area (Å²) in [7, 11) is 0. The van der Waals surface area contributed by atoms with Gasteiger partial charge in [0.05, 0.1) is 6.10 Å². The average molecular weight is 282 g/mol. The van der Waals surface area contributed by atoms with Crippen molar-refractivity contribution in [3.63, 3.8) is 0 Å². The molecule has 0 radical (unpaired) electrons. The van der Waals surface area contributed by atoms with E-state index in [0.717, 1.165) is 38.9 Å². The van der Waals surface area contributed by atoms with Gasteiger partial charge in [0.1, 0.15) is 0 Å². The topological polar surface area (TPSA) is 52.6 Å². The molecule has 1 aliphatic carbocycles. The van der Waals surface area contributed by atoms with Crippen LogP contribution in [0.1, 0.15) is 58.3 Å². The number of nitrogens with zero attached hydrogens (tertiary/aromatic N) is 1. The van der Waals surface area contributed by atoms with Gasteiger partial charge in [-0.05, 0) is 44.6 Å². The fraction of sp³-hybridized carbons (Fsp3) is 0.938. The molecule has 0 aromatic rings. The molecular weight excluding hydrogens is 252 g/mol. The van der Waals surface area contributed by atoms with Gasteiger partial charge in [0.25, 0.3) is 0 Å². The van der Waals surface area contributed by atoms with Crippen LogP contribution in [0.15, 0.2) is 0 Å². The quantitative estimate of drug-likeness (QED) is 0.810. The van der Waals surface area contributed by atoms with Gasteiger partial charge < -0.3 is 10.4 Å². The Morgan fingerprint density at radius 3 is 2.80 bits per heavy atom. The average Bonchev–Trinajstić information content (AvgIpc) is 2.46. The highest BCUT2D eigenvalue weighted by Crippen LogP contribution is 2.27. The van der Waals surface area contributed by atoms with E-state index in [4.69, 9.17) is 0 Å². The van der Waals surface area contributed by atoms with E-state index in [2.05, 4.69) is 10.2 Å². The number of hydrogen-bond acceptors (Lipinski definition) is 3. The van der Waals surface area contributed by atoms with Crippen molar-refractivity contribution in [2.45, 2.75) is 70.4 Å². The van der Waals surface area contributed by atoms with E-state index in [-0.39, 0.29) is 12.0 Å². The molecular formula is C16H30N2O2. The summed E-state index contributed by atoms with van der Waals surface area (Å²) in [5.41, 5.74) is 0. The minimum Gasteiger partial charge on any atom is -0.391 e. The summed E-state index contributed by atoms with van der Waals surface area (Å²) in [6.07, 6.45) is 8.31. The molecule has 2 aliphatic rings. The molecule has 3 atom stereocenters. The Kier molecular flexibility index (Phi) is 6.30. The van der Waals surface area contributed by atoms with Crippen LogP contribution in [0.25, 0.3) is 0 Å². The number of amides is 1. The van der Waals surface area contributed by atoms with Crippen LogP contribution < -0.4 is 5.32 Å². The number of carbonyl (C=O) groups is 1. The summed E-state index contributed by atoms with van der Waals surface area (Å²) in [6.45, 7) is 4.99. The zero-order valence-corrected chi connectivity index (χ0v) is 12.8. The number of likely N-dealkylation sites (tertiary alicyclic amines) is 1. The maximum atomic E-state index is 11.6. The lowest BCUT2D eigenvalue weighted by Crippen LogP contribution is -2.51. The van der Waals surface area contributed by atoms with Crippen LogP contribution in [-0.2, 0) is 4.79 Å². The summed E-state index contributed by atoms with van der Waals surface area (Å²) in [4.78, 5) is 14.0. The SMILES string of the molecule is CCCC(=O)NC[C@@H]1CCCN([C@@H]2CCCC[C@H]2O)C1. The number of piperidine rings is 1. The Bertz CT molecular complexity index is 309. The highest BCUT2D eigenvalue weighted by molar-refractivity contribution is 5.75. The largest absolute Gasteiger partial charge is 0.391 e. The zero-order chi connectivity index (χ0) is 14.4. The summed E-state index contributed by atoms with van der Waals surface area (Å²) in [6, 6.07) is 0.359. The molecule has 1 saturated heterocycles. The smallest absolute Gasteiger partial charge is 0.219 e. The van der Waals surface area contributed by atoms with Crippen LogP contribution in [-0.4, -0.2) is 47.7 Å². The lowest BCUT2D eigenvalue weighted by atomic mass is 9.88. The first kappa shape index (κ1) is 15.8. The minimum atomic E-state index is -0.141. The molecule has 0 aromatic carbocycles. The summed E-state index contributed by atoms with van der Waals surface area (Å²) in [5.74, 6) is 0.737. The summed E-state index contributed by atoms with van der Waals surface area (Å²) >= 11 is 0. The van der Waals surface area contributed by atoms with Crippen molar-refractivity contribution >= 4 is 5.91 Å². The standard InChI is InChI=1S/C16H30N2O2/c1-2-6-16(20)17-11-13-7-5-10-18(12-13)14-8-3-4-9-15(14)19/h13-15,19H,2-12H2,1H3,(H,17,20)/t13-,14+,15+/m0/s1. The first-order valence-electron chi connectivity index (χ1n) is 8.39. The Labute approximate surface area is 122 Å². The molecule has 0 spiro atoms. The molecule has 0 unspecified atom stereocenters. The zero-order valence-electron chi connectivity index (χ0n) is 12.8. The van der Waals surface area contributed by atoms with Gasteiger partial charge in [0, 0.05) is 25.6 Å². The molecule has 1 saturated carbocycles. The number of rotatable bonds is 5. The second-order valence-corrected chi connectivity index (χ2v) is 6.48. The van der Waals surface area contributed by atoms with Crippen LogP contribution in [0.4, 0.5) is 0 Å². The second-order valence-electron chi connectivity index (χ2n) is 6.48. The van der Waals surface area contributed by atoms with Crippen molar-refractivity contribution < 1.29 is 9.90 Å². The number of aliphatic hydroxyl groups excluding tert-OH is 1. The van der Waals surface area contributed by atoms with Gasteiger partial charge in [-0.25, -0.2) is 0 Å². The van der Waals surface area contributed by atoms with Crippen molar-refractivity contribution in [2.75, 3.05) is 19.6 Å². The van der Waals surface area contributed by atoms with Crippen LogP contribution in [0.2, 0.25) is 0 Å². The van der Waals surface area contributed by atoms with Crippen molar-refractivity contribution in [3.8, 4) is 0 Å². The Balaban J connectivity index is 1.77. The number of hydrogen-bond donors (Lipinski definition) is 2. The van der Waals surface area contributed by atoms with E-state index in [9.17, 15) is 9.90 Å². The van der Waals surface area contributed by atoms with Gasteiger partial charge in [-0.2, -0.15) is 0 Å². The van der Waals surface area contributed by atoms with Gasteiger partial charge in [0.15, 0.2) is 0 Å². The molecule has 1 amide bonds. The second kappa shape index (κ2) is 7.99. The minimum absolute atomic E-state index is 0.141. The maximum absolute atomic E-state index is 11.6. The van der Waals surface area contributed by atoms with Gasteiger partial charge in [-0.15, -0.1) is 0 Å². The van der Waals surface area contributed by atoms with Crippen molar-refractivity contribution in [1.29, 1.82) is 0 Å². The predicted octanol–water partition coefficient (Wildman–Crippen LogP) is 1.92. The van der Waals surface area contributed by atoms with E-state index in [0.29, 0.717) is 18.4 Å². The van der Waals surface area contributed by atoms with E-state index < -0.39 is 0 Å². The van der Waals surface area contributed by atoms with E-state index in [1.807, 2.05) is 6.92 Å². The number of aliphatic hydroxyl groups is 1. The predicted molar refractivity (Wildman–Crippen MR) is 80.5 cm³/mol. The van der Waals surface area contributed by atoms with E-state index in [1.54, 1.807) is 0 Å². The Morgan fingerprint density at radius 2 is 2.05 bits per heavy atom. The molecule has 0 bridgehead atoms. The molecule has 1 aliphatic heterocycles. The Morgan fingerprint density at radius 1 is 1.25 bits per heavy atom. The van der Waals surface area contributed by atoms with Crippen molar-refractivity contribution in [2.24, 2.45) is 5.92 Å². The summed E-state index contributed by atoms with van der Waals surface area (Å²) in [5, 5.41) is 13.2. The fourth-order valence-corrected chi connectivity index (χ4v) is 3.66.